The highest BCUT2D eigenvalue weighted by atomic mass is 35.5. The van der Waals surface area contributed by atoms with Gasteiger partial charge in [0.05, 0.1) is 10.6 Å². The number of hydrogen-bond donors (Lipinski definition) is 0. The van der Waals surface area contributed by atoms with Crippen molar-refractivity contribution in [3.05, 3.63) is 63.9 Å². The van der Waals surface area contributed by atoms with E-state index in [9.17, 15) is 14.0 Å². The highest BCUT2D eigenvalue weighted by Crippen LogP contribution is 2.22. The topological polar surface area (TPSA) is 49.9 Å². The van der Waals surface area contributed by atoms with Gasteiger partial charge >= 0.3 is 0 Å². The predicted octanol–water partition coefficient (Wildman–Crippen LogP) is 3.89. The van der Waals surface area contributed by atoms with E-state index in [1.54, 1.807) is 29.2 Å². The van der Waals surface area contributed by atoms with Crippen LogP contribution >= 0.6 is 23.2 Å². The van der Waals surface area contributed by atoms with Crippen molar-refractivity contribution in [3.8, 4) is 5.75 Å². The van der Waals surface area contributed by atoms with Crippen LogP contribution < -0.4 is 4.74 Å². The second kappa shape index (κ2) is 9.26. The molecule has 0 N–H and O–H groups in total. The monoisotopic (exact) mass is 424 g/mol. The van der Waals surface area contributed by atoms with Crippen LogP contribution in [-0.2, 0) is 4.79 Å². The van der Waals surface area contributed by atoms with Gasteiger partial charge in [0.2, 0.25) is 0 Å². The van der Waals surface area contributed by atoms with E-state index in [-0.39, 0.29) is 23.1 Å². The Labute approximate surface area is 172 Å². The zero-order valence-electron chi connectivity index (χ0n) is 15.0. The van der Waals surface area contributed by atoms with E-state index in [4.69, 9.17) is 27.9 Å². The van der Waals surface area contributed by atoms with Gasteiger partial charge < -0.3 is 14.5 Å². The fourth-order valence-electron chi connectivity index (χ4n) is 3.00. The number of amides is 2. The van der Waals surface area contributed by atoms with Gasteiger partial charge in [-0.3, -0.25) is 9.59 Å². The van der Waals surface area contributed by atoms with Gasteiger partial charge in [-0.15, -0.1) is 0 Å². The molecule has 0 unspecified atom stereocenters. The van der Waals surface area contributed by atoms with Crippen LogP contribution in [0, 0.1) is 5.82 Å². The number of halogens is 3. The largest absolute Gasteiger partial charge is 0.484 e. The molecule has 28 heavy (non-hydrogen) atoms. The Bertz CT molecular complexity index is 841. The molecule has 0 atom stereocenters. The van der Waals surface area contributed by atoms with E-state index in [2.05, 4.69) is 0 Å². The number of carbonyl (C=O) groups is 2. The Hall–Kier alpha value is -2.31. The summed E-state index contributed by atoms with van der Waals surface area (Å²) in [7, 11) is 0. The van der Waals surface area contributed by atoms with Crippen molar-refractivity contribution in [3.63, 3.8) is 0 Å². The van der Waals surface area contributed by atoms with Gasteiger partial charge in [-0.1, -0.05) is 29.3 Å². The number of benzene rings is 2. The number of hydrogen-bond acceptors (Lipinski definition) is 3. The minimum Gasteiger partial charge on any atom is -0.484 e. The molecule has 5 nitrogen and oxygen atoms in total. The molecule has 2 amide bonds. The summed E-state index contributed by atoms with van der Waals surface area (Å²) in [5, 5.41) is 0.671. The lowest BCUT2D eigenvalue weighted by Gasteiger charge is -2.23. The summed E-state index contributed by atoms with van der Waals surface area (Å²) in [5.41, 5.74) is -0.130. The summed E-state index contributed by atoms with van der Waals surface area (Å²) in [6.45, 7) is 1.47. The Morgan fingerprint density at radius 2 is 1.64 bits per heavy atom. The first-order valence-corrected chi connectivity index (χ1v) is 9.60. The molecule has 148 valence electrons. The lowest BCUT2D eigenvalue weighted by molar-refractivity contribution is -0.133. The van der Waals surface area contributed by atoms with Crippen LogP contribution in [-0.4, -0.2) is 54.4 Å². The Morgan fingerprint density at radius 1 is 0.964 bits per heavy atom. The minimum atomic E-state index is -0.647. The Morgan fingerprint density at radius 3 is 2.36 bits per heavy atom. The third-order valence-electron chi connectivity index (χ3n) is 4.49. The molecule has 0 aromatic heterocycles. The normalized spacial score (nSPS) is 14.5. The number of carbonyl (C=O) groups excluding carboxylic acids is 2. The van der Waals surface area contributed by atoms with Gasteiger partial charge in [-0.25, -0.2) is 4.39 Å². The standard InChI is InChI=1S/C20H19Cl2FN2O3/c21-14-5-7-15(8-6-14)28-13-18(26)24-9-2-10-25(12-11-24)20(27)19-16(22)3-1-4-17(19)23/h1,3-8H,2,9-13H2. The van der Waals surface area contributed by atoms with Crippen LogP contribution in [0.2, 0.25) is 10.0 Å². The molecular weight excluding hydrogens is 406 g/mol. The molecule has 1 aliphatic heterocycles. The highest BCUT2D eigenvalue weighted by molar-refractivity contribution is 6.33. The molecule has 8 heteroatoms. The maximum absolute atomic E-state index is 14.0. The van der Waals surface area contributed by atoms with E-state index >= 15 is 0 Å². The highest BCUT2D eigenvalue weighted by Gasteiger charge is 2.26. The fourth-order valence-corrected chi connectivity index (χ4v) is 3.37. The van der Waals surface area contributed by atoms with Crippen molar-refractivity contribution in [2.75, 3.05) is 32.8 Å². The van der Waals surface area contributed by atoms with Crippen molar-refractivity contribution in [2.45, 2.75) is 6.42 Å². The summed E-state index contributed by atoms with van der Waals surface area (Å²) in [6.07, 6.45) is 0.588. The zero-order chi connectivity index (χ0) is 20.1. The van der Waals surface area contributed by atoms with Gasteiger partial charge in [0, 0.05) is 31.2 Å². The van der Waals surface area contributed by atoms with Crippen LogP contribution in [0.4, 0.5) is 4.39 Å². The van der Waals surface area contributed by atoms with Gasteiger partial charge in [-0.05, 0) is 42.8 Å². The van der Waals surface area contributed by atoms with Crippen molar-refractivity contribution in [1.82, 2.24) is 9.80 Å². The first-order valence-electron chi connectivity index (χ1n) is 8.85. The van der Waals surface area contributed by atoms with Gasteiger partial charge in [0.25, 0.3) is 11.8 Å². The number of rotatable bonds is 4. The van der Waals surface area contributed by atoms with Gasteiger partial charge in [0.15, 0.2) is 6.61 Å². The van der Waals surface area contributed by atoms with Crippen LogP contribution in [0.3, 0.4) is 0 Å². The maximum Gasteiger partial charge on any atom is 0.260 e. The minimum absolute atomic E-state index is 0.0820. The third-order valence-corrected chi connectivity index (χ3v) is 5.06. The molecular formula is C20H19Cl2FN2O3. The lowest BCUT2D eigenvalue weighted by Crippen LogP contribution is -2.39. The van der Waals surface area contributed by atoms with Crippen molar-refractivity contribution < 1.29 is 18.7 Å². The predicted molar refractivity (Wildman–Crippen MR) is 105 cm³/mol. The molecule has 2 aromatic carbocycles. The number of ether oxygens (including phenoxy) is 1. The van der Waals surface area contributed by atoms with Crippen molar-refractivity contribution >= 4 is 35.0 Å². The van der Waals surface area contributed by atoms with E-state index < -0.39 is 11.7 Å². The Balaban J connectivity index is 1.57. The molecule has 1 heterocycles. The summed E-state index contributed by atoms with van der Waals surface area (Å²) < 4.78 is 19.5. The molecule has 1 fully saturated rings. The summed E-state index contributed by atoms with van der Waals surface area (Å²) >= 11 is 11.8. The molecule has 0 bridgehead atoms. The summed E-state index contributed by atoms with van der Waals surface area (Å²) in [5.74, 6) is -0.729. The van der Waals surface area contributed by atoms with Crippen molar-refractivity contribution in [1.29, 1.82) is 0 Å². The van der Waals surface area contributed by atoms with Crippen LogP contribution in [0.15, 0.2) is 42.5 Å². The van der Waals surface area contributed by atoms with E-state index in [1.807, 2.05) is 0 Å². The molecule has 0 spiro atoms. The maximum atomic E-state index is 14.0. The van der Waals surface area contributed by atoms with Gasteiger partial charge in [0.1, 0.15) is 11.6 Å². The number of nitrogens with zero attached hydrogens (tertiary/aromatic N) is 2. The molecule has 2 aromatic rings. The van der Waals surface area contributed by atoms with Crippen LogP contribution in [0.25, 0.3) is 0 Å². The van der Waals surface area contributed by atoms with E-state index in [0.717, 1.165) is 0 Å². The van der Waals surface area contributed by atoms with Crippen LogP contribution in [0.1, 0.15) is 16.8 Å². The summed E-state index contributed by atoms with van der Waals surface area (Å²) in [6, 6.07) is 10.9. The first-order chi connectivity index (χ1) is 13.5. The lowest BCUT2D eigenvalue weighted by atomic mass is 10.1. The molecule has 0 aliphatic carbocycles. The van der Waals surface area contributed by atoms with Crippen molar-refractivity contribution in [2.24, 2.45) is 0 Å². The molecule has 3 rings (SSSR count). The molecule has 1 aliphatic rings. The second-order valence-electron chi connectivity index (χ2n) is 6.37. The molecule has 0 saturated carbocycles. The molecule has 1 saturated heterocycles. The third kappa shape index (κ3) is 4.94. The second-order valence-corrected chi connectivity index (χ2v) is 7.21. The van der Waals surface area contributed by atoms with Gasteiger partial charge in [-0.2, -0.15) is 0 Å². The smallest absolute Gasteiger partial charge is 0.260 e. The quantitative estimate of drug-likeness (QED) is 0.747. The van der Waals surface area contributed by atoms with Crippen LogP contribution in [0.5, 0.6) is 5.75 Å². The Kier molecular flexibility index (Phi) is 6.75. The zero-order valence-corrected chi connectivity index (χ0v) is 16.5. The average Bonchev–Trinajstić information content (AvgIpc) is 2.93. The first kappa shape index (κ1) is 20.4. The fraction of sp³-hybridized carbons (Fsp3) is 0.300. The van der Waals surface area contributed by atoms with E-state index in [1.165, 1.54) is 23.1 Å². The average molecular weight is 425 g/mol. The van der Waals surface area contributed by atoms with E-state index in [0.29, 0.717) is 43.4 Å². The summed E-state index contributed by atoms with van der Waals surface area (Å²) in [4.78, 5) is 28.3. The SMILES string of the molecule is O=C(COc1ccc(Cl)cc1)N1CCCN(C(=O)c2c(F)cccc2Cl)CC1. The molecule has 0 radical (unpaired) electrons.